The van der Waals surface area contributed by atoms with E-state index in [-0.39, 0.29) is 12.4 Å². The number of aromatic nitrogens is 1. The van der Waals surface area contributed by atoms with Crippen molar-refractivity contribution in [3.05, 3.63) is 28.5 Å². The molecule has 5 heteroatoms. The number of rotatable bonds is 5. The smallest absolute Gasteiger partial charge is 0.106 e. The first-order chi connectivity index (χ1) is 8.34. The summed E-state index contributed by atoms with van der Waals surface area (Å²) in [5.41, 5.74) is 1.17. The molecule has 1 fully saturated rings. The molecule has 2 rings (SSSR count). The first-order valence-electron chi connectivity index (χ1n) is 6.26. The van der Waals surface area contributed by atoms with E-state index in [4.69, 9.17) is 4.74 Å². The lowest BCUT2D eigenvalue weighted by molar-refractivity contribution is 0.108. The van der Waals surface area contributed by atoms with Crippen molar-refractivity contribution in [3.63, 3.8) is 0 Å². The Morgan fingerprint density at radius 3 is 3.06 bits per heavy atom. The largest absolute Gasteiger partial charge is 0.377 e. The van der Waals surface area contributed by atoms with Gasteiger partial charge in [-0.05, 0) is 59.4 Å². The summed E-state index contributed by atoms with van der Waals surface area (Å²) in [5, 5.41) is 3.53. The number of hydrogen-bond acceptors (Lipinski definition) is 3. The third-order valence-corrected chi connectivity index (χ3v) is 3.52. The highest BCUT2D eigenvalue weighted by Gasteiger charge is 2.11. The second kappa shape index (κ2) is 8.86. The van der Waals surface area contributed by atoms with Gasteiger partial charge in [-0.3, -0.25) is 0 Å². The van der Waals surface area contributed by atoms with Crippen LogP contribution in [0.1, 0.15) is 31.2 Å². The molecule has 1 aromatic heterocycles. The molecule has 1 aliphatic heterocycles. The minimum atomic E-state index is 0. The zero-order valence-electron chi connectivity index (χ0n) is 10.4. The number of hydrogen-bond donors (Lipinski definition) is 1. The summed E-state index contributed by atoms with van der Waals surface area (Å²) >= 11 is 3.36. The van der Waals surface area contributed by atoms with Crippen LogP contribution in [-0.2, 0) is 11.3 Å². The van der Waals surface area contributed by atoms with Crippen molar-refractivity contribution in [2.75, 3.05) is 13.2 Å². The van der Waals surface area contributed by atoms with E-state index in [9.17, 15) is 0 Å². The van der Waals surface area contributed by atoms with Crippen molar-refractivity contribution >= 4 is 28.3 Å². The molecule has 1 N–H and O–H groups in total. The molecule has 0 amide bonds. The third kappa shape index (κ3) is 5.65. The Morgan fingerprint density at radius 2 is 2.33 bits per heavy atom. The number of ether oxygens (including phenoxy) is 1. The standard InChI is InChI=1S/C13H19BrN2O.ClH/c14-13-9-11(4-7-16-13)10-17-8-5-12-3-1-2-6-15-12;/h4,7,9,12,15H,1-3,5-6,8,10H2;1H. The van der Waals surface area contributed by atoms with Gasteiger partial charge in [-0.15, -0.1) is 12.4 Å². The molecule has 0 radical (unpaired) electrons. The molecule has 0 bridgehead atoms. The maximum atomic E-state index is 5.69. The Balaban J connectivity index is 0.00000162. The molecule has 0 saturated carbocycles. The maximum Gasteiger partial charge on any atom is 0.106 e. The van der Waals surface area contributed by atoms with Crippen molar-refractivity contribution in [1.82, 2.24) is 10.3 Å². The van der Waals surface area contributed by atoms with Crippen molar-refractivity contribution < 1.29 is 4.74 Å². The van der Waals surface area contributed by atoms with E-state index in [1.807, 2.05) is 12.1 Å². The van der Waals surface area contributed by atoms with Crippen LogP contribution in [-0.4, -0.2) is 24.2 Å². The van der Waals surface area contributed by atoms with E-state index in [1.54, 1.807) is 6.20 Å². The Bertz CT molecular complexity index is 346. The minimum absolute atomic E-state index is 0. The summed E-state index contributed by atoms with van der Waals surface area (Å²) in [4.78, 5) is 4.09. The van der Waals surface area contributed by atoms with Crippen LogP contribution in [0.3, 0.4) is 0 Å². The predicted molar refractivity (Wildman–Crippen MR) is 79.1 cm³/mol. The Morgan fingerprint density at radius 1 is 1.44 bits per heavy atom. The van der Waals surface area contributed by atoms with Crippen LogP contribution in [0.4, 0.5) is 0 Å². The Hall–Kier alpha value is -0.160. The fraction of sp³-hybridized carbons (Fsp3) is 0.615. The van der Waals surface area contributed by atoms with Crippen LogP contribution in [0.5, 0.6) is 0 Å². The van der Waals surface area contributed by atoms with Crippen molar-refractivity contribution in [2.24, 2.45) is 0 Å². The van der Waals surface area contributed by atoms with Gasteiger partial charge < -0.3 is 10.1 Å². The molecule has 1 unspecified atom stereocenters. The maximum absolute atomic E-state index is 5.69. The van der Waals surface area contributed by atoms with Gasteiger partial charge in [0.1, 0.15) is 4.60 Å². The van der Waals surface area contributed by atoms with Gasteiger partial charge in [-0.25, -0.2) is 4.98 Å². The number of nitrogens with one attached hydrogen (secondary N) is 1. The quantitative estimate of drug-likeness (QED) is 0.662. The van der Waals surface area contributed by atoms with Crippen LogP contribution in [0, 0.1) is 0 Å². The molecular formula is C13H20BrClN2O. The molecule has 0 aromatic carbocycles. The van der Waals surface area contributed by atoms with Gasteiger partial charge in [-0.2, -0.15) is 0 Å². The zero-order valence-corrected chi connectivity index (χ0v) is 12.8. The van der Waals surface area contributed by atoms with Gasteiger partial charge in [0.05, 0.1) is 6.61 Å². The average molecular weight is 336 g/mol. The summed E-state index contributed by atoms with van der Waals surface area (Å²) in [6.45, 7) is 2.67. The first-order valence-corrected chi connectivity index (χ1v) is 7.05. The molecule has 1 atom stereocenters. The van der Waals surface area contributed by atoms with Gasteiger partial charge in [0.2, 0.25) is 0 Å². The lowest BCUT2D eigenvalue weighted by Gasteiger charge is -2.23. The third-order valence-electron chi connectivity index (χ3n) is 3.08. The highest BCUT2D eigenvalue weighted by Crippen LogP contribution is 2.12. The summed E-state index contributed by atoms with van der Waals surface area (Å²) in [6.07, 6.45) is 6.89. The van der Waals surface area contributed by atoms with Crippen molar-refractivity contribution in [2.45, 2.75) is 38.3 Å². The molecule has 2 heterocycles. The van der Waals surface area contributed by atoms with Gasteiger partial charge in [0, 0.05) is 18.8 Å². The zero-order chi connectivity index (χ0) is 11.9. The predicted octanol–water partition coefficient (Wildman–Crippen LogP) is 3.31. The SMILES string of the molecule is Brc1cc(COCCC2CCCCN2)ccn1.Cl. The highest BCUT2D eigenvalue weighted by molar-refractivity contribution is 9.10. The summed E-state index contributed by atoms with van der Waals surface area (Å²) in [6, 6.07) is 4.65. The average Bonchev–Trinajstić information content (AvgIpc) is 2.36. The van der Waals surface area contributed by atoms with E-state index >= 15 is 0 Å². The molecule has 0 aliphatic carbocycles. The summed E-state index contributed by atoms with van der Waals surface area (Å²) in [5.74, 6) is 0. The fourth-order valence-electron chi connectivity index (χ4n) is 2.12. The second-order valence-corrected chi connectivity index (χ2v) is 5.29. The number of halogens is 2. The highest BCUT2D eigenvalue weighted by atomic mass is 79.9. The lowest BCUT2D eigenvalue weighted by Crippen LogP contribution is -2.34. The normalized spacial score (nSPS) is 19.3. The monoisotopic (exact) mass is 334 g/mol. The topological polar surface area (TPSA) is 34.1 Å². The van der Waals surface area contributed by atoms with Gasteiger partial charge in [-0.1, -0.05) is 6.42 Å². The number of nitrogens with zero attached hydrogens (tertiary/aromatic N) is 1. The molecule has 3 nitrogen and oxygen atoms in total. The van der Waals surface area contributed by atoms with Gasteiger partial charge >= 0.3 is 0 Å². The minimum Gasteiger partial charge on any atom is -0.377 e. The van der Waals surface area contributed by atoms with E-state index in [2.05, 4.69) is 26.2 Å². The molecule has 102 valence electrons. The van der Waals surface area contributed by atoms with Crippen LogP contribution in [0.15, 0.2) is 22.9 Å². The molecule has 0 spiro atoms. The Kier molecular flexibility index (Phi) is 7.82. The second-order valence-electron chi connectivity index (χ2n) is 4.47. The Labute approximate surface area is 123 Å². The van der Waals surface area contributed by atoms with E-state index < -0.39 is 0 Å². The van der Waals surface area contributed by atoms with Crippen LogP contribution in [0.25, 0.3) is 0 Å². The molecule has 18 heavy (non-hydrogen) atoms. The van der Waals surface area contributed by atoms with Crippen molar-refractivity contribution in [3.8, 4) is 0 Å². The van der Waals surface area contributed by atoms with Crippen LogP contribution in [0.2, 0.25) is 0 Å². The molecular weight excluding hydrogens is 316 g/mol. The van der Waals surface area contributed by atoms with Crippen LogP contribution >= 0.6 is 28.3 Å². The fourth-order valence-corrected chi connectivity index (χ4v) is 2.53. The van der Waals surface area contributed by atoms with E-state index in [0.717, 1.165) is 17.6 Å². The first kappa shape index (κ1) is 15.9. The molecule has 1 aliphatic rings. The number of pyridine rings is 1. The van der Waals surface area contributed by atoms with Crippen LogP contribution < -0.4 is 5.32 Å². The van der Waals surface area contributed by atoms with Gasteiger partial charge in [0.15, 0.2) is 0 Å². The molecule has 1 saturated heterocycles. The lowest BCUT2D eigenvalue weighted by atomic mass is 10.0. The van der Waals surface area contributed by atoms with E-state index in [1.165, 1.54) is 31.4 Å². The summed E-state index contributed by atoms with van der Waals surface area (Å²) in [7, 11) is 0. The number of piperidine rings is 1. The van der Waals surface area contributed by atoms with Gasteiger partial charge in [0.25, 0.3) is 0 Å². The summed E-state index contributed by atoms with van der Waals surface area (Å²) < 4.78 is 6.56. The van der Waals surface area contributed by atoms with E-state index in [0.29, 0.717) is 12.6 Å². The molecule has 1 aromatic rings. The van der Waals surface area contributed by atoms with Crippen molar-refractivity contribution in [1.29, 1.82) is 0 Å².